The molecule has 4 rings (SSSR count). The van der Waals surface area contributed by atoms with Crippen molar-refractivity contribution in [1.29, 1.82) is 0 Å². The molecular formula is C23H27ClN2O3. The van der Waals surface area contributed by atoms with Crippen molar-refractivity contribution in [3.05, 3.63) is 64.6 Å². The largest absolute Gasteiger partial charge is 0.461 e. The van der Waals surface area contributed by atoms with E-state index in [1.54, 1.807) is 6.08 Å². The predicted octanol–water partition coefficient (Wildman–Crippen LogP) is 4.26. The van der Waals surface area contributed by atoms with Gasteiger partial charge in [0.05, 0.1) is 19.3 Å². The van der Waals surface area contributed by atoms with Crippen LogP contribution in [0.5, 0.6) is 0 Å². The summed E-state index contributed by atoms with van der Waals surface area (Å²) in [6, 6.07) is 11.8. The monoisotopic (exact) mass is 414 g/mol. The predicted molar refractivity (Wildman–Crippen MR) is 114 cm³/mol. The number of benzene rings is 1. The second kappa shape index (κ2) is 9.16. The van der Waals surface area contributed by atoms with E-state index in [9.17, 15) is 4.79 Å². The normalized spacial score (nSPS) is 23.2. The maximum atomic E-state index is 12.4. The van der Waals surface area contributed by atoms with Crippen molar-refractivity contribution in [3.8, 4) is 0 Å². The standard InChI is InChI=1S/C23H27ClN2O3/c1-16-14-20(16)22-8-6-19(29-22)7-9-23(27)25-15-21(26-10-12-28-13-11-26)17-2-4-18(24)5-3-17/h2-9,16,20-21H,10-15H2,1H3,(H,25,27)/b9-7+. The molecule has 1 aliphatic carbocycles. The third-order valence-corrected chi connectivity index (χ3v) is 5.98. The number of furan rings is 1. The number of rotatable bonds is 7. The number of halogens is 1. The number of carbonyl (C=O) groups is 1. The average Bonchev–Trinajstić information content (AvgIpc) is 3.28. The van der Waals surface area contributed by atoms with Crippen molar-refractivity contribution in [1.82, 2.24) is 10.2 Å². The smallest absolute Gasteiger partial charge is 0.244 e. The summed E-state index contributed by atoms with van der Waals surface area (Å²) >= 11 is 6.04. The number of nitrogens with one attached hydrogen (secondary N) is 1. The molecule has 154 valence electrons. The van der Waals surface area contributed by atoms with Crippen LogP contribution in [0, 0.1) is 5.92 Å². The van der Waals surface area contributed by atoms with E-state index < -0.39 is 0 Å². The van der Waals surface area contributed by atoms with E-state index in [2.05, 4.69) is 17.1 Å². The Morgan fingerprint density at radius 3 is 2.66 bits per heavy atom. The zero-order chi connectivity index (χ0) is 20.2. The SMILES string of the molecule is CC1CC1c1ccc(/C=C/C(=O)NCC(c2ccc(Cl)cc2)N2CCOCC2)o1. The lowest BCUT2D eigenvalue weighted by Gasteiger charge is -2.34. The van der Waals surface area contributed by atoms with Crippen LogP contribution in [0.25, 0.3) is 6.08 Å². The summed E-state index contributed by atoms with van der Waals surface area (Å²) in [5.41, 5.74) is 1.13. The maximum Gasteiger partial charge on any atom is 0.244 e. The number of hydrogen-bond acceptors (Lipinski definition) is 4. The Hall–Kier alpha value is -2.08. The highest BCUT2D eigenvalue weighted by Crippen LogP contribution is 2.47. The molecule has 1 N–H and O–H groups in total. The molecule has 2 heterocycles. The molecule has 29 heavy (non-hydrogen) atoms. The van der Waals surface area contributed by atoms with Crippen LogP contribution in [0.1, 0.15) is 42.4 Å². The molecule has 0 bridgehead atoms. The van der Waals surface area contributed by atoms with E-state index >= 15 is 0 Å². The zero-order valence-corrected chi connectivity index (χ0v) is 17.4. The molecule has 2 aromatic rings. The summed E-state index contributed by atoms with van der Waals surface area (Å²) in [5, 5.41) is 3.74. The van der Waals surface area contributed by atoms with Gasteiger partial charge in [0.1, 0.15) is 11.5 Å². The highest BCUT2D eigenvalue weighted by molar-refractivity contribution is 6.30. The minimum atomic E-state index is -0.130. The topological polar surface area (TPSA) is 54.7 Å². The Morgan fingerprint density at radius 2 is 1.97 bits per heavy atom. The number of morpholine rings is 1. The van der Waals surface area contributed by atoms with Crippen molar-refractivity contribution in [2.45, 2.75) is 25.3 Å². The van der Waals surface area contributed by atoms with Crippen LogP contribution in [0.4, 0.5) is 0 Å². The van der Waals surface area contributed by atoms with Crippen molar-refractivity contribution >= 4 is 23.6 Å². The lowest BCUT2D eigenvalue weighted by molar-refractivity contribution is -0.116. The van der Waals surface area contributed by atoms with Crippen molar-refractivity contribution < 1.29 is 13.9 Å². The van der Waals surface area contributed by atoms with Crippen LogP contribution < -0.4 is 5.32 Å². The first-order chi connectivity index (χ1) is 14.1. The summed E-state index contributed by atoms with van der Waals surface area (Å²) in [6.07, 6.45) is 4.46. The number of ether oxygens (including phenoxy) is 1. The molecule has 1 saturated heterocycles. The molecule has 1 aromatic heterocycles. The van der Waals surface area contributed by atoms with Crippen LogP contribution in [-0.4, -0.2) is 43.7 Å². The lowest BCUT2D eigenvalue weighted by Crippen LogP contribution is -2.43. The van der Waals surface area contributed by atoms with Crippen molar-refractivity contribution in [3.63, 3.8) is 0 Å². The molecule has 2 fully saturated rings. The molecule has 1 aliphatic heterocycles. The van der Waals surface area contributed by atoms with E-state index in [0.29, 0.717) is 36.6 Å². The van der Waals surface area contributed by atoms with Crippen LogP contribution in [0.2, 0.25) is 5.02 Å². The van der Waals surface area contributed by atoms with Gasteiger partial charge in [-0.25, -0.2) is 0 Å². The first-order valence-electron chi connectivity index (χ1n) is 10.2. The Balaban J connectivity index is 1.36. The fourth-order valence-corrected chi connectivity index (χ4v) is 3.95. The fraction of sp³-hybridized carbons (Fsp3) is 0.435. The Morgan fingerprint density at radius 1 is 1.24 bits per heavy atom. The van der Waals surface area contributed by atoms with E-state index in [1.807, 2.05) is 36.4 Å². The Bertz CT molecular complexity index is 855. The van der Waals surface area contributed by atoms with Crippen molar-refractivity contribution in [2.24, 2.45) is 5.92 Å². The molecule has 3 atom stereocenters. The van der Waals surface area contributed by atoms with E-state index in [-0.39, 0.29) is 11.9 Å². The van der Waals surface area contributed by atoms with Gasteiger partial charge in [0.25, 0.3) is 0 Å². The second-order valence-electron chi connectivity index (χ2n) is 7.85. The molecule has 2 aliphatic rings. The number of nitrogens with zero attached hydrogens (tertiary/aromatic N) is 1. The quantitative estimate of drug-likeness (QED) is 0.688. The van der Waals surface area contributed by atoms with Gasteiger partial charge in [-0.1, -0.05) is 30.7 Å². The molecular weight excluding hydrogens is 388 g/mol. The average molecular weight is 415 g/mol. The minimum absolute atomic E-state index is 0.0834. The highest BCUT2D eigenvalue weighted by atomic mass is 35.5. The van der Waals surface area contributed by atoms with Gasteiger partial charge in [0, 0.05) is 36.7 Å². The molecule has 3 unspecified atom stereocenters. The molecule has 0 spiro atoms. The molecule has 1 amide bonds. The first-order valence-corrected chi connectivity index (χ1v) is 10.6. The van der Waals surface area contributed by atoms with Crippen LogP contribution in [-0.2, 0) is 9.53 Å². The highest BCUT2D eigenvalue weighted by Gasteiger charge is 2.36. The van der Waals surface area contributed by atoms with Gasteiger partial charge in [-0.3, -0.25) is 9.69 Å². The zero-order valence-electron chi connectivity index (χ0n) is 16.6. The maximum absolute atomic E-state index is 12.4. The van der Waals surface area contributed by atoms with Gasteiger partial charge >= 0.3 is 0 Å². The van der Waals surface area contributed by atoms with Gasteiger partial charge in [-0.2, -0.15) is 0 Å². The van der Waals surface area contributed by atoms with E-state index in [4.69, 9.17) is 20.8 Å². The van der Waals surface area contributed by atoms with Gasteiger partial charge in [-0.15, -0.1) is 0 Å². The van der Waals surface area contributed by atoms with Gasteiger partial charge < -0.3 is 14.5 Å². The number of hydrogen-bond donors (Lipinski definition) is 1. The van der Waals surface area contributed by atoms with Crippen LogP contribution in [0.3, 0.4) is 0 Å². The second-order valence-corrected chi connectivity index (χ2v) is 8.29. The summed E-state index contributed by atoms with van der Waals surface area (Å²) in [7, 11) is 0. The van der Waals surface area contributed by atoms with E-state index in [0.717, 1.165) is 30.2 Å². The summed E-state index contributed by atoms with van der Waals surface area (Å²) in [5.74, 6) is 2.85. The summed E-state index contributed by atoms with van der Waals surface area (Å²) in [6.45, 7) is 5.84. The lowest BCUT2D eigenvalue weighted by atomic mass is 10.0. The number of amides is 1. The molecule has 0 radical (unpaired) electrons. The third kappa shape index (κ3) is 5.30. The van der Waals surface area contributed by atoms with E-state index in [1.165, 1.54) is 12.5 Å². The third-order valence-electron chi connectivity index (χ3n) is 5.73. The molecule has 1 saturated carbocycles. The fourth-order valence-electron chi connectivity index (χ4n) is 3.82. The molecule has 1 aromatic carbocycles. The minimum Gasteiger partial charge on any atom is -0.461 e. The van der Waals surface area contributed by atoms with Gasteiger partial charge in [-0.05, 0) is 48.2 Å². The molecule has 5 nitrogen and oxygen atoms in total. The summed E-state index contributed by atoms with van der Waals surface area (Å²) in [4.78, 5) is 14.7. The van der Waals surface area contributed by atoms with Crippen LogP contribution in [0.15, 0.2) is 46.9 Å². The van der Waals surface area contributed by atoms with Crippen LogP contribution >= 0.6 is 11.6 Å². The summed E-state index contributed by atoms with van der Waals surface area (Å²) < 4.78 is 11.3. The Labute approximate surface area is 176 Å². The van der Waals surface area contributed by atoms with Crippen molar-refractivity contribution in [2.75, 3.05) is 32.8 Å². The first kappa shape index (κ1) is 20.2. The Kier molecular flexibility index (Phi) is 6.38. The number of carbonyl (C=O) groups excluding carboxylic acids is 1. The molecule has 6 heteroatoms. The van der Waals surface area contributed by atoms with Gasteiger partial charge in [0.2, 0.25) is 5.91 Å². The van der Waals surface area contributed by atoms with Gasteiger partial charge in [0.15, 0.2) is 0 Å².